The van der Waals surface area contributed by atoms with Crippen molar-refractivity contribution in [3.8, 4) is 5.75 Å². The smallest absolute Gasteiger partial charge is 0.122 e. The highest BCUT2D eigenvalue weighted by Gasteiger charge is 2.14. The summed E-state index contributed by atoms with van der Waals surface area (Å²) in [5.41, 5.74) is 3.79. The second-order valence-corrected chi connectivity index (χ2v) is 5.99. The summed E-state index contributed by atoms with van der Waals surface area (Å²) in [4.78, 5) is 0. The van der Waals surface area contributed by atoms with Crippen LogP contribution in [0.2, 0.25) is 0 Å². The Balaban J connectivity index is 1.79. The molecule has 1 N–H and O–H groups in total. The lowest BCUT2D eigenvalue weighted by atomic mass is 10.0. The zero-order valence-electron chi connectivity index (χ0n) is 11.5. The van der Waals surface area contributed by atoms with Gasteiger partial charge in [0.25, 0.3) is 0 Å². The Hall–Kier alpha value is -1.48. The minimum atomic E-state index is 0.337. The van der Waals surface area contributed by atoms with Gasteiger partial charge in [-0.25, -0.2) is 0 Å². The summed E-state index contributed by atoms with van der Waals surface area (Å²) in [6.45, 7) is 3.01. The molecule has 0 aromatic heterocycles. The zero-order chi connectivity index (χ0) is 13.9. The Morgan fingerprint density at radius 1 is 1.20 bits per heavy atom. The van der Waals surface area contributed by atoms with Crippen molar-refractivity contribution in [1.29, 1.82) is 0 Å². The number of hydrogen-bond acceptors (Lipinski definition) is 2. The van der Waals surface area contributed by atoms with Crippen LogP contribution in [0.5, 0.6) is 5.75 Å². The zero-order valence-corrected chi connectivity index (χ0v) is 13.1. The summed E-state index contributed by atoms with van der Waals surface area (Å²) < 4.78 is 6.67. The Morgan fingerprint density at radius 3 is 2.75 bits per heavy atom. The molecular formula is C17H18BrNO. The van der Waals surface area contributed by atoms with Gasteiger partial charge in [-0.2, -0.15) is 0 Å². The predicted octanol–water partition coefficient (Wildman–Crippen LogP) is 4.95. The first kappa shape index (κ1) is 13.5. The van der Waals surface area contributed by atoms with Gasteiger partial charge in [0.2, 0.25) is 0 Å². The number of nitrogens with one attached hydrogen (secondary N) is 1. The van der Waals surface area contributed by atoms with Crippen molar-refractivity contribution >= 4 is 21.6 Å². The summed E-state index contributed by atoms with van der Waals surface area (Å²) in [5.74, 6) is 1.03. The van der Waals surface area contributed by atoms with Gasteiger partial charge in [0.15, 0.2) is 0 Å². The number of halogens is 1. The molecule has 1 atom stereocenters. The SMILES string of the molecule is CCC(Nc1ccc2c(c1)CCO2)c1ccc(Br)cc1. The second-order valence-electron chi connectivity index (χ2n) is 5.08. The molecule has 0 saturated heterocycles. The van der Waals surface area contributed by atoms with Crippen molar-refractivity contribution in [2.75, 3.05) is 11.9 Å². The van der Waals surface area contributed by atoms with Crippen LogP contribution in [0.15, 0.2) is 46.9 Å². The van der Waals surface area contributed by atoms with Gasteiger partial charge in [0.1, 0.15) is 5.75 Å². The lowest BCUT2D eigenvalue weighted by Gasteiger charge is -2.19. The van der Waals surface area contributed by atoms with E-state index in [0.29, 0.717) is 6.04 Å². The Morgan fingerprint density at radius 2 is 2.00 bits per heavy atom. The molecule has 1 aliphatic rings. The highest BCUT2D eigenvalue weighted by atomic mass is 79.9. The van der Waals surface area contributed by atoms with E-state index < -0.39 is 0 Å². The van der Waals surface area contributed by atoms with Crippen LogP contribution in [-0.2, 0) is 6.42 Å². The normalized spacial score (nSPS) is 14.5. The van der Waals surface area contributed by atoms with Gasteiger partial charge in [0, 0.05) is 16.6 Å². The monoisotopic (exact) mass is 331 g/mol. The molecule has 0 spiro atoms. The topological polar surface area (TPSA) is 21.3 Å². The molecule has 2 aromatic carbocycles. The van der Waals surface area contributed by atoms with E-state index in [1.807, 2.05) is 0 Å². The van der Waals surface area contributed by atoms with Crippen LogP contribution in [0.3, 0.4) is 0 Å². The maximum atomic E-state index is 5.55. The van der Waals surface area contributed by atoms with Gasteiger partial charge in [-0.05, 0) is 47.9 Å². The minimum Gasteiger partial charge on any atom is -0.493 e. The largest absolute Gasteiger partial charge is 0.493 e. The van der Waals surface area contributed by atoms with E-state index in [9.17, 15) is 0 Å². The molecule has 0 bridgehead atoms. The summed E-state index contributed by atoms with van der Waals surface area (Å²) in [6, 6.07) is 15.2. The van der Waals surface area contributed by atoms with E-state index in [0.717, 1.165) is 29.7 Å². The first-order chi connectivity index (χ1) is 9.76. The quantitative estimate of drug-likeness (QED) is 0.856. The van der Waals surface area contributed by atoms with E-state index >= 15 is 0 Å². The first-order valence-corrected chi connectivity index (χ1v) is 7.83. The molecule has 2 nitrogen and oxygen atoms in total. The van der Waals surface area contributed by atoms with Crippen LogP contribution >= 0.6 is 15.9 Å². The van der Waals surface area contributed by atoms with Crippen molar-refractivity contribution < 1.29 is 4.74 Å². The van der Waals surface area contributed by atoms with Gasteiger partial charge in [-0.1, -0.05) is 35.0 Å². The predicted molar refractivity (Wildman–Crippen MR) is 86.4 cm³/mol. The van der Waals surface area contributed by atoms with Crippen LogP contribution in [0, 0.1) is 0 Å². The van der Waals surface area contributed by atoms with Gasteiger partial charge in [-0.15, -0.1) is 0 Å². The fourth-order valence-electron chi connectivity index (χ4n) is 2.59. The maximum Gasteiger partial charge on any atom is 0.122 e. The molecule has 3 heteroatoms. The standard InChI is InChI=1S/C17H18BrNO/c1-2-16(12-3-5-14(18)6-4-12)19-15-7-8-17-13(11-15)9-10-20-17/h3-8,11,16,19H,2,9-10H2,1H3. The third kappa shape index (κ3) is 2.83. The fraction of sp³-hybridized carbons (Fsp3) is 0.294. The Kier molecular flexibility index (Phi) is 3.97. The van der Waals surface area contributed by atoms with E-state index in [-0.39, 0.29) is 0 Å². The van der Waals surface area contributed by atoms with E-state index in [1.165, 1.54) is 16.8 Å². The number of benzene rings is 2. The third-order valence-electron chi connectivity index (χ3n) is 3.71. The number of rotatable bonds is 4. The van der Waals surface area contributed by atoms with Crippen molar-refractivity contribution in [3.05, 3.63) is 58.1 Å². The van der Waals surface area contributed by atoms with Gasteiger partial charge in [-0.3, -0.25) is 0 Å². The summed E-state index contributed by atoms with van der Waals surface area (Å²) in [6.07, 6.45) is 2.06. The fourth-order valence-corrected chi connectivity index (χ4v) is 2.86. The molecule has 0 amide bonds. The molecule has 2 aromatic rings. The Bertz CT molecular complexity index is 594. The van der Waals surface area contributed by atoms with E-state index in [1.54, 1.807) is 0 Å². The molecule has 20 heavy (non-hydrogen) atoms. The van der Waals surface area contributed by atoms with Crippen LogP contribution < -0.4 is 10.1 Å². The molecule has 3 rings (SSSR count). The average molecular weight is 332 g/mol. The summed E-state index contributed by atoms with van der Waals surface area (Å²) in [5, 5.41) is 3.62. The number of hydrogen-bond donors (Lipinski definition) is 1. The van der Waals surface area contributed by atoms with Crippen LogP contribution in [-0.4, -0.2) is 6.61 Å². The van der Waals surface area contributed by atoms with E-state index in [2.05, 4.69) is 70.6 Å². The molecular weight excluding hydrogens is 314 g/mol. The van der Waals surface area contributed by atoms with Crippen LogP contribution in [0.4, 0.5) is 5.69 Å². The van der Waals surface area contributed by atoms with Crippen molar-refractivity contribution in [2.24, 2.45) is 0 Å². The number of ether oxygens (including phenoxy) is 1. The Labute approximate surface area is 128 Å². The number of fused-ring (bicyclic) bond motifs is 1. The van der Waals surface area contributed by atoms with Gasteiger partial charge in [0.05, 0.1) is 12.6 Å². The molecule has 104 valence electrons. The lowest BCUT2D eigenvalue weighted by molar-refractivity contribution is 0.357. The number of anilines is 1. The lowest BCUT2D eigenvalue weighted by Crippen LogP contribution is -2.09. The van der Waals surface area contributed by atoms with E-state index in [4.69, 9.17) is 4.74 Å². The highest BCUT2D eigenvalue weighted by molar-refractivity contribution is 9.10. The van der Waals surface area contributed by atoms with Crippen molar-refractivity contribution in [3.63, 3.8) is 0 Å². The highest BCUT2D eigenvalue weighted by Crippen LogP contribution is 2.30. The first-order valence-electron chi connectivity index (χ1n) is 7.04. The molecule has 1 aliphatic heterocycles. The van der Waals surface area contributed by atoms with Crippen LogP contribution in [0.25, 0.3) is 0 Å². The average Bonchev–Trinajstić information content (AvgIpc) is 2.93. The summed E-state index contributed by atoms with van der Waals surface area (Å²) in [7, 11) is 0. The van der Waals surface area contributed by atoms with Gasteiger partial charge >= 0.3 is 0 Å². The molecule has 1 unspecified atom stereocenters. The van der Waals surface area contributed by atoms with Crippen molar-refractivity contribution in [2.45, 2.75) is 25.8 Å². The molecule has 1 heterocycles. The second kappa shape index (κ2) is 5.88. The van der Waals surface area contributed by atoms with Crippen molar-refractivity contribution in [1.82, 2.24) is 0 Å². The molecule has 0 radical (unpaired) electrons. The van der Waals surface area contributed by atoms with Gasteiger partial charge < -0.3 is 10.1 Å². The molecule has 0 fully saturated rings. The summed E-state index contributed by atoms with van der Waals surface area (Å²) >= 11 is 3.48. The molecule has 0 aliphatic carbocycles. The molecule has 0 saturated carbocycles. The minimum absolute atomic E-state index is 0.337. The van der Waals surface area contributed by atoms with Crippen LogP contribution in [0.1, 0.15) is 30.5 Å². The third-order valence-corrected chi connectivity index (χ3v) is 4.24. The maximum absolute atomic E-state index is 5.55.